The maximum Gasteiger partial charge on any atom is 0.312 e. The monoisotopic (exact) mass is 532 g/mol. The predicted molar refractivity (Wildman–Crippen MR) is 148 cm³/mol. The van der Waals surface area contributed by atoms with Crippen molar-refractivity contribution in [3.05, 3.63) is 67.8 Å². The van der Waals surface area contributed by atoms with E-state index < -0.39 is 35.0 Å². The summed E-state index contributed by atoms with van der Waals surface area (Å²) in [4.78, 5) is 44.9. The minimum Gasteiger partial charge on any atom is -0.465 e. The average molecular weight is 533 g/mol. The first kappa shape index (κ1) is 27.1. The Labute approximate surface area is 228 Å². The molecule has 2 amide bonds. The van der Waals surface area contributed by atoms with E-state index in [4.69, 9.17) is 9.47 Å². The number of likely N-dealkylation sites (tertiary alicyclic amines) is 1. The fourth-order valence-corrected chi connectivity index (χ4v) is 6.98. The molecule has 0 aliphatic carbocycles. The van der Waals surface area contributed by atoms with Gasteiger partial charge in [0.2, 0.25) is 5.91 Å². The third-order valence-electron chi connectivity index (χ3n) is 8.70. The van der Waals surface area contributed by atoms with Gasteiger partial charge in [0.15, 0.2) is 0 Å². The molecule has 8 heteroatoms. The van der Waals surface area contributed by atoms with E-state index in [0.29, 0.717) is 31.4 Å². The number of nitrogens with zero attached hydrogens (tertiary/aromatic N) is 2. The summed E-state index contributed by atoms with van der Waals surface area (Å²) in [6.07, 6.45) is 5.34. The van der Waals surface area contributed by atoms with Crippen LogP contribution in [0.5, 0.6) is 0 Å². The molecule has 3 saturated heterocycles. The van der Waals surface area contributed by atoms with Crippen LogP contribution in [0, 0.1) is 11.8 Å². The van der Waals surface area contributed by atoms with Crippen LogP contribution in [-0.2, 0) is 23.9 Å². The number of carbonyl (C=O) groups is 3. The number of esters is 1. The van der Waals surface area contributed by atoms with E-state index in [-0.39, 0.29) is 38.1 Å². The molecule has 39 heavy (non-hydrogen) atoms. The molecule has 2 bridgehead atoms. The van der Waals surface area contributed by atoms with Crippen molar-refractivity contribution in [2.24, 2.45) is 11.8 Å². The van der Waals surface area contributed by atoms with Gasteiger partial charge < -0.3 is 24.4 Å². The molecule has 3 fully saturated rings. The minimum atomic E-state index is -1.18. The van der Waals surface area contributed by atoms with Gasteiger partial charge in [0.1, 0.15) is 17.6 Å². The van der Waals surface area contributed by atoms with Crippen molar-refractivity contribution < 1.29 is 29.0 Å². The molecule has 3 heterocycles. The lowest BCUT2D eigenvalue weighted by Gasteiger charge is -2.36. The summed E-state index contributed by atoms with van der Waals surface area (Å²) in [5.41, 5.74) is -1.38. The van der Waals surface area contributed by atoms with Crippen LogP contribution < -0.4 is 4.90 Å². The number of hydrogen-bond acceptors (Lipinski definition) is 6. The van der Waals surface area contributed by atoms with E-state index in [2.05, 4.69) is 13.2 Å². The van der Waals surface area contributed by atoms with Crippen molar-refractivity contribution in [3.63, 3.8) is 0 Å². The van der Waals surface area contributed by atoms with Crippen LogP contribution in [0.4, 0.5) is 5.69 Å². The second-order valence-electron chi connectivity index (χ2n) is 10.6. The lowest BCUT2D eigenvalue weighted by Crippen LogP contribution is -2.56. The van der Waals surface area contributed by atoms with Gasteiger partial charge in [-0.1, -0.05) is 49.4 Å². The van der Waals surface area contributed by atoms with Crippen molar-refractivity contribution in [1.82, 2.24) is 4.90 Å². The van der Waals surface area contributed by atoms with E-state index in [1.165, 1.54) is 4.90 Å². The van der Waals surface area contributed by atoms with Gasteiger partial charge in [-0.2, -0.15) is 0 Å². The van der Waals surface area contributed by atoms with E-state index >= 15 is 0 Å². The number of amides is 2. The Kier molecular flexibility index (Phi) is 7.35. The molecule has 0 saturated carbocycles. The Morgan fingerprint density at radius 2 is 1.95 bits per heavy atom. The SMILES string of the molecule is C=CCCOC(=O)[C@@H]1[C@H]2C(=O)N(CCO)C(C(=O)N(CC=C)c3ccc4ccccc4c3)C23CC[C@@]1(CC)O3. The first-order valence-corrected chi connectivity index (χ1v) is 13.7. The standard InChI is InChI=1S/C31H36N2O6/c1-4-7-19-38-29(37)25-24-27(35)33(17-18-34)26(31(24)15-14-30(25,6-3)39-31)28(36)32(16-5-2)23-13-12-21-10-8-9-11-22(21)20-23/h4-5,8-13,20,24-26,34H,1-2,6-7,14-19H2,3H3/t24-,25-,26?,30+,31?/m0/s1. The van der Waals surface area contributed by atoms with Crippen molar-refractivity contribution in [1.29, 1.82) is 0 Å². The molecule has 0 radical (unpaired) electrons. The molecule has 2 unspecified atom stereocenters. The van der Waals surface area contributed by atoms with E-state index in [1.807, 2.05) is 49.4 Å². The molecule has 1 N–H and O–H groups in total. The summed E-state index contributed by atoms with van der Waals surface area (Å²) < 4.78 is 12.3. The molecule has 1 spiro atoms. The second kappa shape index (κ2) is 10.6. The Morgan fingerprint density at radius 1 is 1.18 bits per heavy atom. The molecule has 206 valence electrons. The van der Waals surface area contributed by atoms with Gasteiger partial charge in [-0.3, -0.25) is 14.4 Å². The number of rotatable bonds is 11. The normalized spacial score (nSPS) is 28.9. The summed E-state index contributed by atoms with van der Waals surface area (Å²) in [6, 6.07) is 12.7. The first-order chi connectivity index (χ1) is 18.9. The van der Waals surface area contributed by atoms with Crippen LogP contribution in [0.2, 0.25) is 0 Å². The van der Waals surface area contributed by atoms with Crippen LogP contribution >= 0.6 is 0 Å². The third kappa shape index (κ3) is 4.17. The molecule has 8 nitrogen and oxygen atoms in total. The Morgan fingerprint density at radius 3 is 2.64 bits per heavy atom. The Bertz CT molecular complexity index is 1310. The van der Waals surface area contributed by atoms with Crippen molar-refractivity contribution >= 4 is 34.2 Å². The maximum atomic E-state index is 14.5. The van der Waals surface area contributed by atoms with E-state index in [1.54, 1.807) is 17.1 Å². The summed E-state index contributed by atoms with van der Waals surface area (Å²) in [5.74, 6) is -2.82. The Balaban J connectivity index is 1.56. The van der Waals surface area contributed by atoms with Gasteiger partial charge in [0, 0.05) is 18.8 Å². The molecular formula is C31H36N2O6. The predicted octanol–water partition coefficient (Wildman–Crippen LogP) is 3.63. The number of benzene rings is 2. The highest BCUT2D eigenvalue weighted by Gasteiger charge is 2.79. The largest absolute Gasteiger partial charge is 0.465 e. The van der Waals surface area contributed by atoms with Gasteiger partial charge >= 0.3 is 5.97 Å². The third-order valence-corrected chi connectivity index (χ3v) is 8.70. The van der Waals surface area contributed by atoms with Crippen LogP contribution in [0.3, 0.4) is 0 Å². The molecule has 3 aliphatic heterocycles. The van der Waals surface area contributed by atoms with Gasteiger partial charge in [0.25, 0.3) is 5.91 Å². The van der Waals surface area contributed by atoms with Crippen LogP contribution in [0.1, 0.15) is 32.6 Å². The maximum absolute atomic E-state index is 14.5. The van der Waals surface area contributed by atoms with E-state index in [0.717, 1.165) is 10.8 Å². The number of ether oxygens (including phenoxy) is 2. The van der Waals surface area contributed by atoms with Crippen molar-refractivity contribution in [2.75, 3.05) is 31.2 Å². The molecular weight excluding hydrogens is 496 g/mol. The number of hydrogen-bond donors (Lipinski definition) is 1. The quantitative estimate of drug-likeness (QED) is 0.270. The zero-order valence-corrected chi connectivity index (χ0v) is 22.4. The summed E-state index contributed by atoms with van der Waals surface area (Å²) in [5, 5.41) is 11.9. The zero-order valence-electron chi connectivity index (χ0n) is 22.4. The highest BCUT2D eigenvalue weighted by atomic mass is 16.6. The number of fused-ring (bicyclic) bond motifs is 2. The van der Waals surface area contributed by atoms with Crippen LogP contribution in [0.15, 0.2) is 67.8 Å². The zero-order chi connectivity index (χ0) is 27.8. The van der Waals surface area contributed by atoms with Gasteiger partial charge in [-0.15, -0.1) is 13.2 Å². The topological polar surface area (TPSA) is 96.4 Å². The lowest BCUT2D eigenvalue weighted by atomic mass is 9.65. The van der Waals surface area contributed by atoms with E-state index in [9.17, 15) is 19.5 Å². The summed E-state index contributed by atoms with van der Waals surface area (Å²) in [6.45, 7) is 9.52. The van der Waals surface area contributed by atoms with Crippen LogP contribution in [0.25, 0.3) is 10.8 Å². The lowest BCUT2D eigenvalue weighted by molar-refractivity contribution is -0.160. The number of β-amino-alcohol motifs (C(OH)–C–C–N with tert-alkyl or cyclic N) is 1. The minimum absolute atomic E-state index is 0.0339. The number of aliphatic hydroxyl groups is 1. The summed E-state index contributed by atoms with van der Waals surface area (Å²) in [7, 11) is 0. The van der Waals surface area contributed by atoms with Crippen molar-refractivity contribution in [2.45, 2.75) is 49.9 Å². The summed E-state index contributed by atoms with van der Waals surface area (Å²) >= 11 is 0. The molecule has 5 atom stereocenters. The molecule has 2 aromatic rings. The first-order valence-electron chi connectivity index (χ1n) is 13.7. The second-order valence-corrected chi connectivity index (χ2v) is 10.6. The highest BCUT2D eigenvalue weighted by molar-refractivity contribution is 6.05. The van der Waals surface area contributed by atoms with Gasteiger partial charge in [-0.05, 0) is 48.6 Å². The van der Waals surface area contributed by atoms with Gasteiger partial charge in [0.05, 0.1) is 24.7 Å². The Hall–Kier alpha value is -3.49. The van der Waals surface area contributed by atoms with Crippen LogP contribution in [-0.4, -0.2) is 71.3 Å². The number of anilines is 1. The fraction of sp³-hybridized carbons (Fsp3) is 0.452. The highest BCUT2D eigenvalue weighted by Crippen LogP contribution is 2.64. The number of aliphatic hydroxyl groups excluding tert-OH is 1. The van der Waals surface area contributed by atoms with Crippen molar-refractivity contribution in [3.8, 4) is 0 Å². The molecule has 0 aromatic heterocycles. The average Bonchev–Trinajstić information content (AvgIpc) is 3.55. The molecule has 2 aromatic carbocycles. The smallest absolute Gasteiger partial charge is 0.312 e. The molecule has 5 rings (SSSR count). The number of carbonyl (C=O) groups excluding carboxylic acids is 3. The van der Waals surface area contributed by atoms with Gasteiger partial charge in [-0.25, -0.2) is 0 Å². The fourth-order valence-electron chi connectivity index (χ4n) is 6.98. The molecule has 3 aliphatic rings.